The molecular formula is C20H28ClN5O2. The average molecular weight is 406 g/mol. The molecule has 1 aromatic heterocycles. The fraction of sp³-hybridized carbons (Fsp3) is 0.550. The molecule has 0 saturated carbocycles. The molecule has 2 fully saturated rings. The molecule has 2 aliphatic rings. The minimum atomic E-state index is -0.0540. The Balaban J connectivity index is 0.00000225. The average Bonchev–Trinajstić information content (AvgIpc) is 3.41. The number of hydrogen-bond donors (Lipinski definition) is 2. The lowest BCUT2D eigenvalue weighted by atomic mass is 10.1. The third-order valence-electron chi connectivity index (χ3n) is 5.33. The Hall–Kier alpha value is -2.12. The smallest absolute Gasteiger partial charge is 0.237 e. The standard InChI is InChI=1S/C20H27N5O2.ClH/c26-20(17-5-4-11-21-17)22-12-10-18-23-19(24-27-18)15-6-8-16(9-7-15)25-13-2-1-3-14-25;/h6-9,17,21H,1-5,10-14H2,(H,22,26);1H. The molecule has 7 nitrogen and oxygen atoms in total. The topological polar surface area (TPSA) is 83.3 Å². The molecule has 0 bridgehead atoms. The van der Waals surface area contributed by atoms with Crippen LogP contribution in [0.15, 0.2) is 28.8 Å². The van der Waals surface area contributed by atoms with Gasteiger partial charge < -0.3 is 20.1 Å². The largest absolute Gasteiger partial charge is 0.372 e. The summed E-state index contributed by atoms with van der Waals surface area (Å²) in [5.41, 5.74) is 2.20. The lowest BCUT2D eigenvalue weighted by molar-refractivity contribution is -0.122. The number of carbonyl (C=O) groups is 1. The summed E-state index contributed by atoms with van der Waals surface area (Å²) in [6.07, 6.45) is 6.37. The number of rotatable bonds is 6. The predicted octanol–water partition coefficient (Wildman–Crippen LogP) is 2.56. The van der Waals surface area contributed by atoms with Gasteiger partial charge in [-0.05, 0) is 62.9 Å². The van der Waals surface area contributed by atoms with Gasteiger partial charge in [-0.2, -0.15) is 4.98 Å². The van der Waals surface area contributed by atoms with Crippen molar-refractivity contribution in [2.75, 3.05) is 31.1 Å². The molecule has 4 rings (SSSR count). The van der Waals surface area contributed by atoms with E-state index in [-0.39, 0.29) is 24.4 Å². The molecule has 1 unspecified atom stereocenters. The third-order valence-corrected chi connectivity index (χ3v) is 5.33. The number of amides is 1. The van der Waals surface area contributed by atoms with Crippen LogP contribution in [-0.4, -0.2) is 48.3 Å². The lowest BCUT2D eigenvalue weighted by Crippen LogP contribution is -2.41. The highest BCUT2D eigenvalue weighted by atomic mass is 35.5. The normalized spacial score (nSPS) is 19.3. The first-order valence-corrected chi connectivity index (χ1v) is 9.99. The molecule has 28 heavy (non-hydrogen) atoms. The van der Waals surface area contributed by atoms with Crippen molar-refractivity contribution in [2.24, 2.45) is 0 Å². The first-order chi connectivity index (χ1) is 13.3. The van der Waals surface area contributed by atoms with Crippen LogP contribution in [0, 0.1) is 0 Å². The van der Waals surface area contributed by atoms with Gasteiger partial charge in [0.15, 0.2) is 0 Å². The van der Waals surface area contributed by atoms with Crippen LogP contribution in [0.5, 0.6) is 0 Å². The Labute approximate surface area is 171 Å². The number of piperidine rings is 1. The molecule has 2 saturated heterocycles. The highest BCUT2D eigenvalue weighted by Gasteiger charge is 2.21. The van der Waals surface area contributed by atoms with Crippen molar-refractivity contribution in [1.29, 1.82) is 0 Å². The first kappa shape index (κ1) is 20.6. The van der Waals surface area contributed by atoms with E-state index in [0.29, 0.717) is 24.7 Å². The highest BCUT2D eigenvalue weighted by Crippen LogP contribution is 2.23. The summed E-state index contributed by atoms with van der Waals surface area (Å²) in [5, 5.41) is 10.2. The van der Waals surface area contributed by atoms with Crippen molar-refractivity contribution in [3.8, 4) is 11.4 Å². The van der Waals surface area contributed by atoms with E-state index in [0.717, 1.165) is 38.0 Å². The molecule has 2 N–H and O–H groups in total. The zero-order valence-electron chi connectivity index (χ0n) is 16.0. The van der Waals surface area contributed by atoms with Crippen molar-refractivity contribution in [1.82, 2.24) is 20.8 Å². The number of benzene rings is 1. The summed E-state index contributed by atoms with van der Waals surface area (Å²) in [6, 6.07) is 8.30. The van der Waals surface area contributed by atoms with E-state index in [2.05, 4.69) is 37.8 Å². The van der Waals surface area contributed by atoms with Gasteiger partial charge in [0.2, 0.25) is 17.6 Å². The molecule has 8 heteroatoms. The molecule has 2 aromatic rings. The van der Waals surface area contributed by atoms with E-state index >= 15 is 0 Å². The van der Waals surface area contributed by atoms with Crippen LogP contribution in [0.1, 0.15) is 38.0 Å². The lowest BCUT2D eigenvalue weighted by Gasteiger charge is -2.28. The zero-order chi connectivity index (χ0) is 18.5. The first-order valence-electron chi connectivity index (χ1n) is 9.99. The molecule has 3 heterocycles. The van der Waals surface area contributed by atoms with E-state index in [1.165, 1.54) is 24.9 Å². The van der Waals surface area contributed by atoms with Crippen LogP contribution in [0.25, 0.3) is 11.4 Å². The van der Waals surface area contributed by atoms with Crippen LogP contribution in [0.3, 0.4) is 0 Å². The summed E-state index contributed by atoms with van der Waals surface area (Å²) in [5.74, 6) is 1.20. The maximum atomic E-state index is 12.0. The van der Waals surface area contributed by atoms with Gasteiger partial charge >= 0.3 is 0 Å². The zero-order valence-corrected chi connectivity index (χ0v) is 16.8. The fourth-order valence-electron chi connectivity index (χ4n) is 3.77. The van der Waals surface area contributed by atoms with Crippen LogP contribution >= 0.6 is 12.4 Å². The van der Waals surface area contributed by atoms with Gasteiger partial charge in [0.05, 0.1) is 6.04 Å². The second-order valence-electron chi connectivity index (χ2n) is 7.30. The Morgan fingerprint density at radius 1 is 1.18 bits per heavy atom. The van der Waals surface area contributed by atoms with Gasteiger partial charge in [-0.25, -0.2) is 0 Å². The summed E-state index contributed by atoms with van der Waals surface area (Å²) in [6.45, 7) is 3.69. The molecule has 152 valence electrons. The van der Waals surface area contributed by atoms with Crippen LogP contribution in [0.4, 0.5) is 5.69 Å². The molecule has 2 aliphatic heterocycles. The number of halogens is 1. The predicted molar refractivity (Wildman–Crippen MR) is 111 cm³/mol. The maximum absolute atomic E-state index is 12.0. The van der Waals surface area contributed by atoms with Gasteiger partial charge in [0.1, 0.15) is 0 Å². The van der Waals surface area contributed by atoms with Crippen LogP contribution in [0.2, 0.25) is 0 Å². The van der Waals surface area contributed by atoms with Crippen molar-refractivity contribution >= 4 is 24.0 Å². The Morgan fingerprint density at radius 2 is 1.96 bits per heavy atom. The van der Waals surface area contributed by atoms with Crippen LogP contribution < -0.4 is 15.5 Å². The van der Waals surface area contributed by atoms with Crippen molar-refractivity contribution < 1.29 is 9.32 Å². The van der Waals surface area contributed by atoms with Crippen molar-refractivity contribution in [2.45, 2.75) is 44.6 Å². The van der Waals surface area contributed by atoms with E-state index in [1.807, 2.05) is 12.1 Å². The summed E-state index contributed by atoms with van der Waals surface area (Å²) in [7, 11) is 0. The fourth-order valence-corrected chi connectivity index (χ4v) is 3.77. The number of nitrogens with zero attached hydrogens (tertiary/aromatic N) is 3. The molecular weight excluding hydrogens is 378 g/mol. The summed E-state index contributed by atoms with van der Waals surface area (Å²) in [4.78, 5) is 18.9. The number of nitrogens with one attached hydrogen (secondary N) is 2. The maximum Gasteiger partial charge on any atom is 0.237 e. The number of aromatic nitrogens is 2. The quantitative estimate of drug-likeness (QED) is 0.768. The third kappa shape index (κ3) is 5.02. The Morgan fingerprint density at radius 3 is 2.68 bits per heavy atom. The van der Waals surface area contributed by atoms with E-state index < -0.39 is 0 Å². The molecule has 0 aliphatic carbocycles. The molecule has 0 spiro atoms. The number of carbonyl (C=O) groups excluding carboxylic acids is 1. The van der Waals surface area contributed by atoms with Gasteiger partial charge in [-0.3, -0.25) is 4.79 Å². The Bertz CT molecular complexity index is 752. The molecule has 1 amide bonds. The monoisotopic (exact) mass is 405 g/mol. The second-order valence-corrected chi connectivity index (χ2v) is 7.30. The second kappa shape index (κ2) is 9.89. The molecule has 1 atom stereocenters. The highest BCUT2D eigenvalue weighted by molar-refractivity contribution is 5.85. The SMILES string of the molecule is Cl.O=C(NCCc1nc(-c2ccc(N3CCCCC3)cc2)no1)C1CCCN1. The van der Waals surface area contributed by atoms with E-state index in [9.17, 15) is 4.79 Å². The number of anilines is 1. The Kier molecular flexibility index (Phi) is 7.28. The molecule has 0 radical (unpaired) electrons. The summed E-state index contributed by atoms with van der Waals surface area (Å²) >= 11 is 0. The van der Waals surface area contributed by atoms with E-state index in [4.69, 9.17) is 4.52 Å². The van der Waals surface area contributed by atoms with Crippen molar-refractivity contribution in [3.05, 3.63) is 30.2 Å². The van der Waals surface area contributed by atoms with Gasteiger partial charge in [0, 0.05) is 37.3 Å². The minimum absolute atomic E-state index is 0. The minimum Gasteiger partial charge on any atom is -0.372 e. The summed E-state index contributed by atoms with van der Waals surface area (Å²) < 4.78 is 5.33. The van der Waals surface area contributed by atoms with E-state index in [1.54, 1.807) is 0 Å². The van der Waals surface area contributed by atoms with Gasteiger partial charge in [-0.15, -0.1) is 12.4 Å². The van der Waals surface area contributed by atoms with Crippen molar-refractivity contribution in [3.63, 3.8) is 0 Å². The molecule has 1 aromatic carbocycles. The number of hydrogen-bond acceptors (Lipinski definition) is 6. The van der Waals surface area contributed by atoms with Crippen LogP contribution in [-0.2, 0) is 11.2 Å². The van der Waals surface area contributed by atoms with Gasteiger partial charge in [-0.1, -0.05) is 5.16 Å². The van der Waals surface area contributed by atoms with Gasteiger partial charge in [0.25, 0.3) is 0 Å².